The third kappa shape index (κ3) is 6.49. The van der Waals surface area contributed by atoms with Gasteiger partial charge < -0.3 is 27.4 Å². The van der Waals surface area contributed by atoms with Gasteiger partial charge in [0, 0.05) is 24.7 Å². The van der Waals surface area contributed by atoms with E-state index in [1.165, 1.54) is 47.9 Å². The lowest BCUT2D eigenvalue weighted by atomic mass is 9.92. The van der Waals surface area contributed by atoms with Crippen LogP contribution in [0.5, 0.6) is 0 Å². The smallest absolute Gasteiger partial charge is 0.313 e. The maximum Gasteiger partial charge on any atom is 0.313 e. The molecule has 0 spiro atoms. The monoisotopic (exact) mass is 426 g/mol. The Labute approximate surface area is 179 Å². The molecule has 1 aromatic heterocycles. The minimum atomic E-state index is -0.876. The molecule has 1 aromatic rings. The van der Waals surface area contributed by atoms with Crippen LogP contribution in [0, 0.1) is 11.3 Å². The number of nitrogens with two attached hydrogens (primary N) is 3. The molecular weight excluding hydrogens is 400 g/mol. The molecule has 3 amide bonds. The highest BCUT2D eigenvalue weighted by Crippen LogP contribution is 2.25. The van der Waals surface area contributed by atoms with Crippen molar-refractivity contribution in [3.8, 4) is 0 Å². The van der Waals surface area contributed by atoms with Crippen LogP contribution in [0.4, 0.5) is 5.69 Å². The number of pyridine rings is 1. The SMILES string of the molecule is C[C@@H]1CC[C@@H](C(N)=CC=NC(=N)/C=C\N)N(C(=O)C(=O)Nc2cncc(C(N)=O)c2)C1. The molecule has 2 heterocycles. The highest BCUT2D eigenvalue weighted by Gasteiger charge is 2.34. The zero-order valence-electron chi connectivity index (χ0n) is 17.1. The van der Waals surface area contributed by atoms with E-state index in [0.717, 1.165) is 6.42 Å². The van der Waals surface area contributed by atoms with E-state index < -0.39 is 23.8 Å². The molecule has 11 nitrogen and oxygen atoms in total. The molecule has 2 rings (SSSR count). The van der Waals surface area contributed by atoms with Crippen molar-refractivity contribution in [3.63, 3.8) is 0 Å². The third-order valence-corrected chi connectivity index (χ3v) is 4.67. The first-order chi connectivity index (χ1) is 14.7. The average molecular weight is 426 g/mol. The lowest BCUT2D eigenvalue weighted by Crippen LogP contribution is -2.52. The van der Waals surface area contributed by atoms with Gasteiger partial charge in [0.1, 0.15) is 5.84 Å². The van der Waals surface area contributed by atoms with Crippen molar-refractivity contribution in [1.29, 1.82) is 5.41 Å². The second-order valence-corrected chi connectivity index (χ2v) is 7.13. The topological polar surface area (TPSA) is 194 Å². The van der Waals surface area contributed by atoms with Crippen molar-refractivity contribution in [2.24, 2.45) is 28.1 Å². The zero-order valence-corrected chi connectivity index (χ0v) is 17.1. The zero-order chi connectivity index (χ0) is 23.0. The average Bonchev–Trinajstić information content (AvgIpc) is 2.73. The number of aromatic nitrogens is 1. The van der Waals surface area contributed by atoms with Gasteiger partial charge in [0.05, 0.1) is 23.5 Å². The molecule has 0 saturated carbocycles. The van der Waals surface area contributed by atoms with Gasteiger partial charge in [0.15, 0.2) is 0 Å². The fourth-order valence-electron chi connectivity index (χ4n) is 3.13. The number of amidine groups is 1. The Kier molecular flexibility index (Phi) is 8.01. The molecule has 0 aromatic carbocycles. The molecule has 8 N–H and O–H groups in total. The molecule has 0 radical (unpaired) electrons. The van der Waals surface area contributed by atoms with Crippen LogP contribution in [0.15, 0.2) is 47.5 Å². The van der Waals surface area contributed by atoms with Crippen molar-refractivity contribution >= 4 is 35.5 Å². The van der Waals surface area contributed by atoms with Gasteiger partial charge in [-0.05, 0) is 43.2 Å². The van der Waals surface area contributed by atoms with Gasteiger partial charge in [-0.15, -0.1) is 0 Å². The lowest BCUT2D eigenvalue weighted by molar-refractivity contribution is -0.145. The molecule has 1 saturated heterocycles. The molecule has 2 atom stereocenters. The van der Waals surface area contributed by atoms with E-state index in [0.29, 0.717) is 18.7 Å². The first kappa shape index (κ1) is 23.3. The predicted molar refractivity (Wildman–Crippen MR) is 117 cm³/mol. The number of hydrogen-bond donors (Lipinski definition) is 5. The molecule has 0 unspecified atom stereocenters. The van der Waals surface area contributed by atoms with Crippen LogP contribution in [0.3, 0.4) is 0 Å². The van der Waals surface area contributed by atoms with E-state index in [-0.39, 0.29) is 23.0 Å². The minimum Gasteiger partial charge on any atom is -0.404 e. The summed E-state index contributed by atoms with van der Waals surface area (Å²) in [5, 5.41) is 9.98. The summed E-state index contributed by atoms with van der Waals surface area (Å²) in [5.74, 6) is -2.19. The molecular formula is C20H26N8O3. The van der Waals surface area contributed by atoms with Crippen LogP contribution in [0.25, 0.3) is 0 Å². The Bertz CT molecular complexity index is 953. The fourth-order valence-corrected chi connectivity index (χ4v) is 3.13. The van der Waals surface area contributed by atoms with Crippen molar-refractivity contribution in [1.82, 2.24) is 9.88 Å². The number of hydrogen-bond acceptors (Lipinski definition) is 7. The van der Waals surface area contributed by atoms with Gasteiger partial charge in [0.2, 0.25) is 5.91 Å². The largest absolute Gasteiger partial charge is 0.404 e. The molecule has 31 heavy (non-hydrogen) atoms. The summed E-state index contributed by atoms with van der Waals surface area (Å²) >= 11 is 0. The van der Waals surface area contributed by atoms with Gasteiger partial charge in [-0.1, -0.05) is 6.92 Å². The van der Waals surface area contributed by atoms with Crippen molar-refractivity contribution in [2.75, 3.05) is 11.9 Å². The van der Waals surface area contributed by atoms with Gasteiger partial charge in [-0.3, -0.25) is 24.8 Å². The third-order valence-electron chi connectivity index (χ3n) is 4.67. The molecule has 1 fully saturated rings. The number of aliphatic imine (C=N–C) groups is 1. The van der Waals surface area contributed by atoms with E-state index in [9.17, 15) is 14.4 Å². The summed E-state index contributed by atoms with van der Waals surface area (Å²) in [6, 6.07) is 0.849. The molecule has 1 aliphatic rings. The standard InChI is InChI=1S/C20H26N8O3/c1-12-2-3-16(15(22)5-7-26-17(23)4-6-21)28(11-12)20(31)19(30)27-14-8-13(18(24)29)9-25-10-14/h4-10,12,16,23H,2-3,11,21-22H2,1H3,(H2,24,29)(H,27,30)/b6-4-,15-5?,23-17?,26-7?/t12-,16+/m1/s1. The first-order valence-corrected chi connectivity index (χ1v) is 9.56. The van der Waals surface area contributed by atoms with Crippen LogP contribution in [-0.4, -0.2) is 52.2 Å². The van der Waals surface area contributed by atoms with E-state index >= 15 is 0 Å². The number of piperidine rings is 1. The van der Waals surface area contributed by atoms with Crippen LogP contribution < -0.4 is 22.5 Å². The van der Waals surface area contributed by atoms with Gasteiger partial charge in [0.25, 0.3) is 0 Å². The number of allylic oxidation sites excluding steroid dienone is 1. The predicted octanol–water partition coefficient (Wildman–Crippen LogP) is 0.109. The summed E-state index contributed by atoms with van der Waals surface area (Å²) in [4.78, 5) is 45.8. The quantitative estimate of drug-likeness (QED) is 0.252. The maximum absolute atomic E-state index is 12.9. The van der Waals surface area contributed by atoms with Crippen LogP contribution in [-0.2, 0) is 9.59 Å². The highest BCUT2D eigenvalue weighted by molar-refractivity contribution is 6.39. The number of nitrogens with one attached hydrogen (secondary N) is 2. The lowest BCUT2D eigenvalue weighted by Gasteiger charge is -2.38. The Balaban J connectivity index is 2.16. The Hall–Kier alpha value is -4.02. The summed E-state index contributed by atoms with van der Waals surface area (Å²) in [6.07, 6.45) is 9.33. The number of carbonyl (C=O) groups excluding carboxylic acids is 3. The Morgan fingerprint density at radius 3 is 2.71 bits per heavy atom. The number of likely N-dealkylation sites (tertiary alicyclic amines) is 1. The molecule has 164 valence electrons. The number of anilines is 1. The normalized spacial score (nSPS) is 19.5. The van der Waals surface area contributed by atoms with Crippen LogP contribution in [0.2, 0.25) is 0 Å². The van der Waals surface area contributed by atoms with Crippen molar-refractivity contribution in [3.05, 3.63) is 48.1 Å². The fraction of sp³-hybridized carbons (Fsp3) is 0.300. The second kappa shape index (κ2) is 10.7. The summed E-state index contributed by atoms with van der Waals surface area (Å²) in [5.41, 5.74) is 17.2. The molecule has 1 aliphatic heterocycles. The summed E-state index contributed by atoms with van der Waals surface area (Å²) < 4.78 is 0. The number of nitrogens with zero attached hydrogens (tertiary/aromatic N) is 3. The highest BCUT2D eigenvalue weighted by atomic mass is 16.2. The van der Waals surface area contributed by atoms with Crippen LogP contribution in [0.1, 0.15) is 30.1 Å². The van der Waals surface area contributed by atoms with Crippen molar-refractivity contribution in [2.45, 2.75) is 25.8 Å². The number of amides is 3. The number of carbonyl (C=O) groups is 3. The Morgan fingerprint density at radius 1 is 1.29 bits per heavy atom. The maximum atomic E-state index is 12.9. The van der Waals surface area contributed by atoms with Gasteiger partial charge in [-0.25, -0.2) is 4.99 Å². The molecule has 0 bridgehead atoms. The van der Waals surface area contributed by atoms with Crippen molar-refractivity contribution < 1.29 is 14.4 Å². The first-order valence-electron chi connectivity index (χ1n) is 9.56. The van der Waals surface area contributed by atoms with E-state index in [4.69, 9.17) is 22.6 Å². The van der Waals surface area contributed by atoms with E-state index in [1.807, 2.05) is 6.92 Å². The minimum absolute atomic E-state index is 0.0528. The van der Waals surface area contributed by atoms with E-state index in [1.54, 1.807) is 0 Å². The molecule has 11 heteroatoms. The van der Waals surface area contributed by atoms with Gasteiger partial charge >= 0.3 is 11.8 Å². The number of primary amides is 1. The summed E-state index contributed by atoms with van der Waals surface area (Å²) in [7, 11) is 0. The number of rotatable bonds is 5. The van der Waals surface area contributed by atoms with E-state index in [2.05, 4.69) is 15.3 Å². The summed E-state index contributed by atoms with van der Waals surface area (Å²) in [6.45, 7) is 2.34. The molecule has 0 aliphatic carbocycles. The second-order valence-electron chi connectivity index (χ2n) is 7.13. The Morgan fingerprint density at radius 2 is 2.03 bits per heavy atom. The van der Waals surface area contributed by atoms with Gasteiger partial charge in [-0.2, -0.15) is 0 Å². The van der Waals surface area contributed by atoms with Crippen LogP contribution >= 0.6 is 0 Å².